The van der Waals surface area contributed by atoms with E-state index in [0.29, 0.717) is 6.61 Å². The number of benzene rings is 1. The zero-order chi connectivity index (χ0) is 23.0. The van der Waals surface area contributed by atoms with Crippen molar-refractivity contribution in [3.8, 4) is 0 Å². The third-order valence-corrected chi connectivity index (χ3v) is 9.78. The number of rotatable bonds is 11. The van der Waals surface area contributed by atoms with Gasteiger partial charge in [-0.2, -0.15) is 8.42 Å². The van der Waals surface area contributed by atoms with Crippen LogP contribution in [0, 0.1) is 30.1 Å². The second kappa shape index (κ2) is 12.0. The van der Waals surface area contributed by atoms with E-state index >= 15 is 0 Å². The summed E-state index contributed by atoms with van der Waals surface area (Å²) in [6.07, 6.45) is 18.0. The maximum absolute atomic E-state index is 12.8. The first-order chi connectivity index (χ1) is 15.4. The molecule has 1 aromatic rings. The minimum Gasteiger partial charge on any atom is -0.266 e. The molecule has 182 valence electrons. The Bertz CT molecular complexity index is 767. The van der Waals surface area contributed by atoms with Gasteiger partial charge in [0, 0.05) is 0 Å². The van der Waals surface area contributed by atoms with E-state index in [0.717, 1.165) is 55.4 Å². The monoisotopic (exact) mass is 462 g/mol. The van der Waals surface area contributed by atoms with Crippen molar-refractivity contribution in [3.05, 3.63) is 29.8 Å². The molecule has 0 spiro atoms. The lowest BCUT2D eigenvalue weighted by molar-refractivity contribution is 0.0446. The molecule has 0 amide bonds. The van der Waals surface area contributed by atoms with Gasteiger partial charge in [0.15, 0.2) is 0 Å². The van der Waals surface area contributed by atoms with Gasteiger partial charge in [0.2, 0.25) is 0 Å². The summed E-state index contributed by atoms with van der Waals surface area (Å²) in [4.78, 5) is 0.280. The van der Waals surface area contributed by atoms with Crippen LogP contribution in [0.15, 0.2) is 29.2 Å². The van der Waals surface area contributed by atoms with Crippen molar-refractivity contribution < 1.29 is 12.6 Å². The molecule has 0 atom stereocenters. The molecule has 0 unspecified atom stereocenters. The van der Waals surface area contributed by atoms with E-state index < -0.39 is 10.1 Å². The van der Waals surface area contributed by atoms with Crippen molar-refractivity contribution in [2.75, 3.05) is 6.61 Å². The van der Waals surface area contributed by atoms with Crippen LogP contribution >= 0.6 is 0 Å². The molecule has 3 nitrogen and oxygen atoms in total. The quantitative estimate of drug-likeness (QED) is 0.312. The first-order valence-corrected chi connectivity index (χ1v) is 14.7. The summed E-state index contributed by atoms with van der Waals surface area (Å²) in [5.74, 6) is 2.71. The van der Waals surface area contributed by atoms with Crippen molar-refractivity contribution in [1.82, 2.24) is 0 Å². The van der Waals surface area contributed by atoms with Gasteiger partial charge in [0.25, 0.3) is 10.1 Å². The molecule has 0 saturated heterocycles. The van der Waals surface area contributed by atoms with Crippen molar-refractivity contribution in [2.24, 2.45) is 23.2 Å². The fourth-order valence-corrected chi connectivity index (χ4v) is 7.17. The molecule has 4 heteroatoms. The van der Waals surface area contributed by atoms with Crippen LogP contribution < -0.4 is 0 Å². The zero-order valence-electron chi connectivity index (χ0n) is 20.8. The van der Waals surface area contributed by atoms with Gasteiger partial charge >= 0.3 is 0 Å². The van der Waals surface area contributed by atoms with Gasteiger partial charge < -0.3 is 0 Å². The van der Waals surface area contributed by atoms with Crippen molar-refractivity contribution in [3.63, 3.8) is 0 Å². The van der Waals surface area contributed by atoms with E-state index in [4.69, 9.17) is 4.18 Å². The fourth-order valence-electron chi connectivity index (χ4n) is 6.16. The van der Waals surface area contributed by atoms with E-state index in [1.165, 1.54) is 57.8 Å². The summed E-state index contributed by atoms with van der Waals surface area (Å²) in [6.45, 7) is 6.83. The molecule has 0 aliphatic heterocycles. The highest BCUT2D eigenvalue weighted by molar-refractivity contribution is 7.86. The van der Waals surface area contributed by atoms with Crippen LogP contribution in [0.1, 0.15) is 109 Å². The molecule has 3 rings (SSSR count). The molecule has 0 radical (unpaired) electrons. The van der Waals surface area contributed by atoms with Crippen LogP contribution in [-0.4, -0.2) is 15.0 Å². The minimum atomic E-state index is -3.69. The smallest absolute Gasteiger partial charge is 0.266 e. The number of unbranched alkanes of at least 4 members (excludes halogenated alkanes) is 2. The Labute approximate surface area is 197 Å². The molecule has 2 aliphatic carbocycles. The lowest BCUT2D eigenvalue weighted by Crippen LogP contribution is -2.36. The molecule has 32 heavy (non-hydrogen) atoms. The predicted octanol–water partition coefficient (Wildman–Crippen LogP) is 8.06. The largest absolute Gasteiger partial charge is 0.296 e. The van der Waals surface area contributed by atoms with E-state index in [-0.39, 0.29) is 10.3 Å². The van der Waals surface area contributed by atoms with E-state index in [9.17, 15) is 8.42 Å². The van der Waals surface area contributed by atoms with Crippen molar-refractivity contribution in [1.29, 1.82) is 0 Å². The summed E-state index contributed by atoms with van der Waals surface area (Å²) in [7, 11) is -3.69. The highest BCUT2D eigenvalue weighted by Crippen LogP contribution is 2.48. The maximum atomic E-state index is 12.8. The van der Waals surface area contributed by atoms with Crippen LogP contribution in [0.2, 0.25) is 0 Å². The van der Waals surface area contributed by atoms with Gasteiger partial charge in [0.05, 0.1) is 11.5 Å². The normalized spacial score (nSPS) is 29.2. The fraction of sp³-hybridized carbons (Fsp3) is 0.786. The van der Waals surface area contributed by atoms with Crippen molar-refractivity contribution in [2.45, 2.75) is 116 Å². The minimum absolute atomic E-state index is 0.0304. The Hall–Kier alpha value is -0.870. The molecule has 0 bridgehead atoms. The van der Waals surface area contributed by atoms with Gasteiger partial charge in [0.1, 0.15) is 0 Å². The first kappa shape index (κ1) is 25.7. The zero-order valence-corrected chi connectivity index (χ0v) is 21.6. The Morgan fingerprint density at radius 3 is 2.06 bits per heavy atom. The Balaban J connectivity index is 1.55. The van der Waals surface area contributed by atoms with Crippen molar-refractivity contribution >= 4 is 10.1 Å². The SMILES string of the molecule is CCCCC1CCC([C@H]2CC[C@@](CCCC)(COS(=O)(=O)c3ccc(C)cc3)CC2)CC1. The standard InChI is InChI=1S/C28H46O3S/c1-4-6-8-24-11-13-25(14-12-24)26-17-20-28(21-18-26,19-7-5-2)22-31-32(29,30)27-15-9-23(3)10-16-27/h9-10,15-16,24-26H,4-8,11-14,17-22H2,1-3H3/t24?,25?,26-,28+. The molecule has 0 N–H and O–H groups in total. The number of hydrogen-bond acceptors (Lipinski definition) is 3. The third kappa shape index (κ3) is 7.06. The molecule has 2 aliphatic rings. The highest BCUT2D eigenvalue weighted by Gasteiger charge is 2.39. The van der Waals surface area contributed by atoms with Crippen LogP contribution in [-0.2, 0) is 14.3 Å². The average Bonchev–Trinajstić information content (AvgIpc) is 2.81. The number of hydrogen-bond donors (Lipinski definition) is 0. The van der Waals surface area contributed by atoms with E-state index in [1.54, 1.807) is 12.1 Å². The second-order valence-electron chi connectivity index (χ2n) is 10.9. The lowest BCUT2D eigenvalue weighted by Gasteiger charge is -2.43. The second-order valence-corrected chi connectivity index (χ2v) is 12.5. The number of aryl methyl sites for hydroxylation is 1. The Kier molecular flexibility index (Phi) is 9.67. The molecule has 0 aromatic heterocycles. The van der Waals surface area contributed by atoms with Crippen LogP contribution in [0.4, 0.5) is 0 Å². The predicted molar refractivity (Wildman–Crippen MR) is 133 cm³/mol. The van der Waals surface area contributed by atoms with Crippen LogP contribution in [0.3, 0.4) is 0 Å². The summed E-state index contributed by atoms with van der Waals surface area (Å²) in [6, 6.07) is 7.00. The van der Waals surface area contributed by atoms with E-state index in [1.807, 2.05) is 19.1 Å². The Morgan fingerprint density at radius 2 is 1.47 bits per heavy atom. The molecule has 1 aromatic carbocycles. The van der Waals surface area contributed by atoms with Gasteiger partial charge in [-0.3, -0.25) is 4.18 Å². The van der Waals surface area contributed by atoms with Gasteiger partial charge in [-0.05, 0) is 87.2 Å². The van der Waals surface area contributed by atoms with Gasteiger partial charge in [-0.15, -0.1) is 0 Å². The third-order valence-electron chi connectivity index (χ3n) is 8.51. The van der Waals surface area contributed by atoms with Crippen LogP contribution in [0.25, 0.3) is 0 Å². The summed E-state index contributed by atoms with van der Waals surface area (Å²) < 4.78 is 31.3. The molecular formula is C28H46O3S. The van der Waals surface area contributed by atoms with E-state index in [2.05, 4.69) is 13.8 Å². The van der Waals surface area contributed by atoms with Crippen LogP contribution in [0.5, 0.6) is 0 Å². The van der Waals surface area contributed by atoms with Gasteiger partial charge in [-0.1, -0.05) is 76.5 Å². The maximum Gasteiger partial charge on any atom is 0.296 e. The highest BCUT2D eigenvalue weighted by atomic mass is 32.2. The first-order valence-electron chi connectivity index (χ1n) is 13.3. The molecule has 2 fully saturated rings. The molecular weight excluding hydrogens is 416 g/mol. The molecule has 2 saturated carbocycles. The molecule has 0 heterocycles. The summed E-state index contributed by atoms with van der Waals surface area (Å²) >= 11 is 0. The summed E-state index contributed by atoms with van der Waals surface area (Å²) in [5.41, 5.74) is 1.09. The average molecular weight is 463 g/mol. The van der Waals surface area contributed by atoms with Gasteiger partial charge in [-0.25, -0.2) is 0 Å². The summed E-state index contributed by atoms with van der Waals surface area (Å²) in [5, 5.41) is 0. The Morgan fingerprint density at radius 1 is 0.875 bits per heavy atom. The lowest BCUT2D eigenvalue weighted by atomic mass is 9.63. The topological polar surface area (TPSA) is 43.4 Å².